The Morgan fingerprint density at radius 2 is 2.29 bits per heavy atom. The molecule has 0 aliphatic heterocycles. The number of furan rings is 1. The van der Waals surface area contributed by atoms with Crippen molar-refractivity contribution in [2.24, 2.45) is 0 Å². The zero-order valence-electron chi connectivity index (χ0n) is 7.35. The number of carboxylic acids is 1. The van der Waals surface area contributed by atoms with E-state index in [1.807, 2.05) is 0 Å². The van der Waals surface area contributed by atoms with Crippen LogP contribution in [-0.2, 0) is 0 Å². The lowest BCUT2D eigenvalue weighted by Gasteiger charge is -1.91. The molecule has 14 heavy (non-hydrogen) atoms. The van der Waals surface area contributed by atoms with E-state index in [9.17, 15) is 4.79 Å². The fraction of sp³-hybridized carbons (Fsp3) is 0.111. The third-order valence-corrected chi connectivity index (χ3v) is 1.74. The first kappa shape index (κ1) is 8.55. The van der Waals surface area contributed by atoms with Gasteiger partial charge in [-0.1, -0.05) is 0 Å². The van der Waals surface area contributed by atoms with Gasteiger partial charge in [-0.25, -0.2) is 9.78 Å². The number of hydrogen-bond acceptors (Lipinski definition) is 4. The van der Waals surface area contributed by atoms with E-state index in [0.29, 0.717) is 11.3 Å². The van der Waals surface area contributed by atoms with E-state index in [0.717, 1.165) is 6.26 Å². The minimum absolute atomic E-state index is 0.0480. The summed E-state index contributed by atoms with van der Waals surface area (Å²) < 4.78 is 9.97. The molecule has 0 amide bonds. The van der Waals surface area contributed by atoms with Gasteiger partial charge in [-0.05, 0) is 6.92 Å². The van der Waals surface area contributed by atoms with Crippen LogP contribution < -0.4 is 0 Å². The molecule has 5 nitrogen and oxygen atoms in total. The lowest BCUT2D eigenvalue weighted by molar-refractivity contribution is 0.0696. The molecule has 0 aromatic carbocycles. The molecule has 0 atom stereocenters. The maximum Gasteiger partial charge on any atom is 0.339 e. The van der Waals surface area contributed by atoms with Crippen molar-refractivity contribution in [3.63, 3.8) is 0 Å². The number of aromatic nitrogens is 1. The standard InChI is InChI=1S/C9H7NO4/c1-5-2-10-8(14-5)6-3-13-4-7(6)9(11)12/h2-4H,1H3,(H,11,12). The Labute approximate surface area is 79.0 Å². The van der Waals surface area contributed by atoms with Gasteiger partial charge in [-0.15, -0.1) is 0 Å². The van der Waals surface area contributed by atoms with Crippen LogP contribution in [0.3, 0.4) is 0 Å². The van der Waals surface area contributed by atoms with Crippen molar-refractivity contribution in [1.29, 1.82) is 0 Å². The van der Waals surface area contributed by atoms with Crippen molar-refractivity contribution in [1.82, 2.24) is 4.98 Å². The summed E-state index contributed by atoms with van der Waals surface area (Å²) in [6.07, 6.45) is 3.97. The average Bonchev–Trinajstić information content (AvgIpc) is 2.70. The molecule has 0 saturated heterocycles. The smallest absolute Gasteiger partial charge is 0.339 e. The molecule has 0 bridgehead atoms. The fourth-order valence-corrected chi connectivity index (χ4v) is 1.11. The maximum absolute atomic E-state index is 10.7. The van der Waals surface area contributed by atoms with Gasteiger partial charge in [-0.2, -0.15) is 0 Å². The van der Waals surface area contributed by atoms with Crippen LogP contribution in [0.4, 0.5) is 0 Å². The van der Waals surface area contributed by atoms with Crippen LogP contribution in [0.2, 0.25) is 0 Å². The highest BCUT2D eigenvalue weighted by molar-refractivity contribution is 5.94. The Bertz CT molecular complexity index is 469. The molecule has 2 heterocycles. The molecule has 0 spiro atoms. The lowest BCUT2D eigenvalue weighted by atomic mass is 10.2. The molecule has 2 aromatic rings. The topological polar surface area (TPSA) is 76.5 Å². The van der Waals surface area contributed by atoms with Crippen LogP contribution in [0.15, 0.2) is 27.6 Å². The summed E-state index contributed by atoms with van der Waals surface area (Å²) in [5.74, 6) is -0.184. The molecule has 0 aliphatic carbocycles. The van der Waals surface area contributed by atoms with Gasteiger partial charge in [0.25, 0.3) is 0 Å². The minimum Gasteiger partial charge on any atom is -0.478 e. The molecule has 5 heteroatoms. The predicted molar refractivity (Wildman–Crippen MR) is 45.9 cm³/mol. The molecule has 2 aromatic heterocycles. The summed E-state index contributed by atoms with van der Waals surface area (Å²) in [7, 11) is 0. The van der Waals surface area contributed by atoms with Gasteiger partial charge in [-0.3, -0.25) is 0 Å². The van der Waals surface area contributed by atoms with Crippen molar-refractivity contribution in [2.75, 3.05) is 0 Å². The largest absolute Gasteiger partial charge is 0.478 e. The number of carboxylic acid groups (broad SMARTS) is 1. The summed E-state index contributed by atoms with van der Waals surface area (Å²) >= 11 is 0. The first-order valence-electron chi connectivity index (χ1n) is 3.91. The van der Waals surface area contributed by atoms with Crippen molar-refractivity contribution in [3.05, 3.63) is 30.0 Å². The van der Waals surface area contributed by atoms with E-state index in [-0.39, 0.29) is 11.5 Å². The number of carbonyl (C=O) groups is 1. The zero-order valence-corrected chi connectivity index (χ0v) is 7.35. The van der Waals surface area contributed by atoms with Gasteiger partial charge in [0, 0.05) is 0 Å². The summed E-state index contributed by atoms with van der Waals surface area (Å²) in [6.45, 7) is 1.73. The fourth-order valence-electron chi connectivity index (χ4n) is 1.11. The molecule has 72 valence electrons. The van der Waals surface area contributed by atoms with Crippen LogP contribution in [-0.4, -0.2) is 16.1 Å². The summed E-state index contributed by atoms with van der Waals surface area (Å²) in [6, 6.07) is 0. The first-order valence-corrected chi connectivity index (χ1v) is 3.91. The molecule has 1 N–H and O–H groups in total. The Kier molecular flexibility index (Phi) is 1.85. The van der Waals surface area contributed by atoms with Gasteiger partial charge >= 0.3 is 5.97 Å². The number of rotatable bonds is 2. The van der Waals surface area contributed by atoms with Crippen LogP contribution in [0.25, 0.3) is 11.5 Å². The first-order chi connectivity index (χ1) is 6.68. The number of nitrogens with zero attached hydrogens (tertiary/aromatic N) is 1. The van der Waals surface area contributed by atoms with Crippen LogP contribution >= 0.6 is 0 Å². The van der Waals surface area contributed by atoms with E-state index in [2.05, 4.69) is 4.98 Å². The highest BCUT2D eigenvalue weighted by Crippen LogP contribution is 2.24. The number of aromatic carboxylic acids is 1. The third-order valence-electron chi connectivity index (χ3n) is 1.74. The normalized spacial score (nSPS) is 10.4. The monoisotopic (exact) mass is 193 g/mol. The summed E-state index contributed by atoms with van der Waals surface area (Å²) in [5, 5.41) is 8.79. The van der Waals surface area contributed by atoms with Gasteiger partial charge in [0.1, 0.15) is 23.9 Å². The number of aryl methyl sites for hydroxylation is 1. The average molecular weight is 193 g/mol. The minimum atomic E-state index is -1.07. The molecule has 2 rings (SSSR count). The number of oxazole rings is 1. The van der Waals surface area contributed by atoms with E-state index in [1.54, 1.807) is 6.92 Å². The summed E-state index contributed by atoms with van der Waals surface area (Å²) in [5.41, 5.74) is 0.400. The SMILES string of the molecule is Cc1cnc(-c2cocc2C(=O)O)o1. The van der Waals surface area contributed by atoms with Crippen molar-refractivity contribution in [2.45, 2.75) is 6.92 Å². The zero-order chi connectivity index (χ0) is 10.1. The second-order valence-electron chi connectivity index (χ2n) is 2.78. The maximum atomic E-state index is 10.7. The van der Waals surface area contributed by atoms with E-state index in [4.69, 9.17) is 13.9 Å². The molecule has 0 unspecified atom stereocenters. The molecule has 0 aliphatic rings. The molecule has 0 fully saturated rings. The lowest BCUT2D eigenvalue weighted by Crippen LogP contribution is -1.95. The Balaban J connectivity index is 2.51. The predicted octanol–water partition coefficient (Wildman–Crippen LogP) is 1.94. The Morgan fingerprint density at radius 1 is 1.50 bits per heavy atom. The highest BCUT2D eigenvalue weighted by Gasteiger charge is 2.17. The van der Waals surface area contributed by atoms with E-state index >= 15 is 0 Å². The van der Waals surface area contributed by atoms with Gasteiger partial charge in [0.15, 0.2) is 0 Å². The third kappa shape index (κ3) is 1.28. The Hall–Kier alpha value is -2.04. The van der Waals surface area contributed by atoms with Crippen LogP contribution in [0.1, 0.15) is 16.1 Å². The van der Waals surface area contributed by atoms with Gasteiger partial charge in [0.2, 0.25) is 5.89 Å². The van der Waals surface area contributed by atoms with Gasteiger partial charge < -0.3 is 13.9 Å². The molecule has 0 radical (unpaired) electrons. The van der Waals surface area contributed by atoms with Crippen molar-refractivity contribution in [3.8, 4) is 11.5 Å². The van der Waals surface area contributed by atoms with Gasteiger partial charge in [0.05, 0.1) is 11.8 Å². The highest BCUT2D eigenvalue weighted by atomic mass is 16.4. The number of hydrogen-bond donors (Lipinski definition) is 1. The second-order valence-corrected chi connectivity index (χ2v) is 2.78. The summed E-state index contributed by atoms with van der Waals surface area (Å²) in [4.78, 5) is 14.6. The van der Waals surface area contributed by atoms with Crippen molar-refractivity contribution >= 4 is 5.97 Å². The Morgan fingerprint density at radius 3 is 2.86 bits per heavy atom. The van der Waals surface area contributed by atoms with Crippen LogP contribution in [0.5, 0.6) is 0 Å². The van der Waals surface area contributed by atoms with E-state index in [1.165, 1.54) is 12.5 Å². The molecular weight excluding hydrogens is 186 g/mol. The van der Waals surface area contributed by atoms with Crippen molar-refractivity contribution < 1.29 is 18.7 Å². The molecular formula is C9H7NO4. The molecule has 0 saturated carbocycles. The quantitative estimate of drug-likeness (QED) is 0.788. The van der Waals surface area contributed by atoms with Crippen LogP contribution in [0, 0.1) is 6.92 Å². The second kappa shape index (κ2) is 3.02. The van der Waals surface area contributed by atoms with E-state index < -0.39 is 5.97 Å².